The monoisotopic (exact) mass is 371 g/mol. The van der Waals surface area contributed by atoms with Gasteiger partial charge in [-0.25, -0.2) is 5.48 Å². The summed E-state index contributed by atoms with van der Waals surface area (Å²) in [5, 5.41) is 4.05. The van der Waals surface area contributed by atoms with E-state index in [2.05, 4.69) is 15.8 Å². The number of hydrogen-bond donors (Lipinski definition) is 3. The van der Waals surface area contributed by atoms with E-state index in [1.165, 1.54) is 7.11 Å². The number of aromatic nitrogens is 1. The van der Waals surface area contributed by atoms with Gasteiger partial charge in [0.05, 0.1) is 17.7 Å². The number of benzene rings is 2. The van der Waals surface area contributed by atoms with Crippen LogP contribution < -0.4 is 10.8 Å². The lowest BCUT2D eigenvalue weighted by Gasteiger charge is -2.18. The average Bonchev–Trinajstić information content (AvgIpc) is 3.05. The second kappa shape index (κ2) is 8.03. The maximum absolute atomic E-state index is 12.6. The fourth-order valence-electron chi connectivity index (χ4n) is 2.78. The summed E-state index contributed by atoms with van der Waals surface area (Å²) < 4.78 is 0. The molecule has 2 aromatic carbocycles. The van der Waals surface area contributed by atoms with Crippen molar-refractivity contribution < 1.29 is 14.4 Å². The van der Waals surface area contributed by atoms with Crippen molar-refractivity contribution in [3.63, 3.8) is 0 Å². The standard InChI is InChI=1S/C19H18ClN3O3/c1-26-23-19(25)17(22-18(24)14-7-2-4-8-15(14)20)10-12-11-21-16-9-5-3-6-13(12)16/h2-9,11,17,21H,10H2,1H3,(H,22,24)(H,23,25)/t17-/m0/s1. The second-order valence-electron chi connectivity index (χ2n) is 5.74. The molecule has 1 atom stereocenters. The highest BCUT2D eigenvalue weighted by Crippen LogP contribution is 2.20. The van der Waals surface area contributed by atoms with E-state index in [1.54, 1.807) is 24.3 Å². The largest absolute Gasteiger partial charge is 0.361 e. The van der Waals surface area contributed by atoms with Crippen molar-refractivity contribution in [3.8, 4) is 0 Å². The molecule has 0 unspecified atom stereocenters. The number of carbonyl (C=O) groups excluding carboxylic acids is 2. The fourth-order valence-corrected chi connectivity index (χ4v) is 3.00. The summed E-state index contributed by atoms with van der Waals surface area (Å²) >= 11 is 6.07. The van der Waals surface area contributed by atoms with E-state index < -0.39 is 17.9 Å². The Morgan fingerprint density at radius 1 is 1.15 bits per heavy atom. The van der Waals surface area contributed by atoms with Crippen molar-refractivity contribution in [2.75, 3.05) is 7.11 Å². The van der Waals surface area contributed by atoms with Gasteiger partial charge in [0.15, 0.2) is 0 Å². The molecule has 1 heterocycles. The van der Waals surface area contributed by atoms with Gasteiger partial charge in [0.1, 0.15) is 6.04 Å². The SMILES string of the molecule is CONC(=O)[C@H](Cc1c[nH]c2ccccc12)NC(=O)c1ccccc1Cl. The number of rotatable bonds is 6. The van der Waals surface area contributed by atoms with Crippen LogP contribution in [0, 0.1) is 0 Å². The van der Waals surface area contributed by atoms with E-state index in [1.807, 2.05) is 30.5 Å². The lowest BCUT2D eigenvalue weighted by Crippen LogP contribution is -2.47. The number of H-pyrrole nitrogens is 1. The van der Waals surface area contributed by atoms with Crippen LogP contribution in [0.15, 0.2) is 54.7 Å². The smallest absolute Gasteiger partial charge is 0.266 e. The summed E-state index contributed by atoms with van der Waals surface area (Å²) in [6, 6.07) is 13.6. The van der Waals surface area contributed by atoms with Gasteiger partial charge in [-0.3, -0.25) is 14.4 Å². The van der Waals surface area contributed by atoms with Crippen LogP contribution in [-0.4, -0.2) is 29.9 Å². The number of hydroxylamine groups is 1. The van der Waals surface area contributed by atoms with Crippen LogP contribution in [0.1, 0.15) is 15.9 Å². The summed E-state index contributed by atoms with van der Waals surface area (Å²) in [4.78, 5) is 32.8. The van der Waals surface area contributed by atoms with E-state index >= 15 is 0 Å². The third-order valence-electron chi connectivity index (χ3n) is 4.04. The minimum absolute atomic E-state index is 0.301. The van der Waals surface area contributed by atoms with Gasteiger partial charge in [0, 0.05) is 23.5 Å². The van der Waals surface area contributed by atoms with Gasteiger partial charge < -0.3 is 10.3 Å². The summed E-state index contributed by atoms with van der Waals surface area (Å²) in [5.74, 6) is -0.870. The maximum atomic E-state index is 12.6. The minimum atomic E-state index is -0.821. The van der Waals surface area contributed by atoms with Crippen molar-refractivity contribution in [1.82, 2.24) is 15.8 Å². The fraction of sp³-hybridized carbons (Fsp3) is 0.158. The first-order chi connectivity index (χ1) is 12.6. The molecule has 0 aliphatic rings. The molecular weight excluding hydrogens is 354 g/mol. The first kappa shape index (κ1) is 18.0. The zero-order valence-corrected chi connectivity index (χ0v) is 14.8. The van der Waals surface area contributed by atoms with Gasteiger partial charge in [-0.1, -0.05) is 41.9 Å². The third-order valence-corrected chi connectivity index (χ3v) is 4.37. The molecule has 0 spiro atoms. The summed E-state index contributed by atoms with van der Waals surface area (Å²) in [6.45, 7) is 0. The Morgan fingerprint density at radius 2 is 1.88 bits per heavy atom. The zero-order chi connectivity index (χ0) is 18.5. The number of amides is 2. The number of hydrogen-bond acceptors (Lipinski definition) is 3. The Balaban J connectivity index is 1.84. The van der Waals surface area contributed by atoms with Crippen LogP contribution in [0.5, 0.6) is 0 Å². The molecule has 0 aliphatic carbocycles. The maximum Gasteiger partial charge on any atom is 0.266 e. The lowest BCUT2D eigenvalue weighted by atomic mass is 10.0. The molecule has 0 saturated carbocycles. The number of para-hydroxylation sites is 1. The molecular formula is C19H18ClN3O3. The first-order valence-electron chi connectivity index (χ1n) is 8.03. The predicted molar refractivity (Wildman–Crippen MR) is 99.9 cm³/mol. The Kier molecular flexibility index (Phi) is 5.55. The first-order valence-corrected chi connectivity index (χ1v) is 8.41. The van der Waals surface area contributed by atoms with E-state index in [0.29, 0.717) is 17.0 Å². The zero-order valence-electron chi connectivity index (χ0n) is 14.1. The molecule has 0 saturated heterocycles. The van der Waals surface area contributed by atoms with Crippen LogP contribution in [0.2, 0.25) is 5.02 Å². The molecule has 26 heavy (non-hydrogen) atoms. The van der Waals surface area contributed by atoms with E-state index in [0.717, 1.165) is 16.5 Å². The van der Waals surface area contributed by atoms with Crippen LogP contribution in [0.4, 0.5) is 0 Å². The Hall–Kier alpha value is -2.83. The third kappa shape index (κ3) is 3.87. The van der Waals surface area contributed by atoms with Gasteiger partial charge >= 0.3 is 0 Å². The lowest BCUT2D eigenvalue weighted by molar-refractivity contribution is -0.133. The normalized spacial score (nSPS) is 11.9. The van der Waals surface area contributed by atoms with Crippen LogP contribution in [0.3, 0.4) is 0 Å². The Bertz CT molecular complexity index is 938. The topological polar surface area (TPSA) is 83.2 Å². The van der Waals surface area contributed by atoms with Crippen LogP contribution in [0.25, 0.3) is 10.9 Å². The molecule has 3 N–H and O–H groups in total. The van der Waals surface area contributed by atoms with E-state index in [9.17, 15) is 9.59 Å². The molecule has 0 radical (unpaired) electrons. The van der Waals surface area contributed by atoms with Gasteiger partial charge in [-0.15, -0.1) is 0 Å². The van der Waals surface area contributed by atoms with Gasteiger partial charge in [-0.2, -0.15) is 0 Å². The molecule has 134 valence electrons. The molecule has 0 fully saturated rings. The number of aromatic amines is 1. The quantitative estimate of drug-likeness (QED) is 0.583. The molecule has 7 heteroatoms. The number of nitrogens with one attached hydrogen (secondary N) is 3. The predicted octanol–water partition coefficient (Wildman–Crippen LogP) is 2.84. The van der Waals surface area contributed by atoms with Crippen LogP contribution >= 0.6 is 11.6 Å². The molecule has 6 nitrogen and oxygen atoms in total. The number of fused-ring (bicyclic) bond motifs is 1. The van der Waals surface area contributed by atoms with Gasteiger partial charge in [0.2, 0.25) is 0 Å². The molecule has 0 aliphatic heterocycles. The minimum Gasteiger partial charge on any atom is -0.361 e. The highest BCUT2D eigenvalue weighted by Gasteiger charge is 2.24. The Morgan fingerprint density at radius 3 is 2.65 bits per heavy atom. The number of halogens is 1. The van der Waals surface area contributed by atoms with E-state index in [-0.39, 0.29) is 0 Å². The number of carbonyl (C=O) groups is 2. The van der Waals surface area contributed by atoms with Crippen molar-refractivity contribution >= 4 is 34.3 Å². The second-order valence-corrected chi connectivity index (χ2v) is 6.15. The van der Waals surface area contributed by atoms with Gasteiger partial charge in [-0.05, 0) is 23.8 Å². The molecule has 3 rings (SSSR count). The van der Waals surface area contributed by atoms with Crippen molar-refractivity contribution in [2.45, 2.75) is 12.5 Å². The molecule has 2 amide bonds. The Labute approximate surface area is 155 Å². The summed E-state index contributed by atoms with van der Waals surface area (Å²) in [5.41, 5.74) is 4.47. The summed E-state index contributed by atoms with van der Waals surface area (Å²) in [7, 11) is 1.34. The highest BCUT2D eigenvalue weighted by molar-refractivity contribution is 6.33. The van der Waals surface area contributed by atoms with Crippen molar-refractivity contribution in [2.24, 2.45) is 0 Å². The average molecular weight is 372 g/mol. The summed E-state index contributed by atoms with van der Waals surface area (Å²) in [6.07, 6.45) is 2.13. The van der Waals surface area contributed by atoms with Crippen LogP contribution in [-0.2, 0) is 16.1 Å². The molecule has 3 aromatic rings. The van der Waals surface area contributed by atoms with E-state index in [4.69, 9.17) is 16.4 Å². The molecule has 1 aromatic heterocycles. The highest BCUT2D eigenvalue weighted by atomic mass is 35.5. The van der Waals surface area contributed by atoms with Crippen molar-refractivity contribution in [3.05, 3.63) is 70.9 Å². The van der Waals surface area contributed by atoms with Gasteiger partial charge in [0.25, 0.3) is 11.8 Å². The molecule has 0 bridgehead atoms. The van der Waals surface area contributed by atoms with Crippen molar-refractivity contribution in [1.29, 1.82) is 0 Å².